The highest BCUT2D eigenvalue weighted by Gasteiger charge is 2.31. The zero-order valence-corrected chi connectivity index (χ0v) is 21.0. The molecule has 0 radical (unpaired) electrons. The van der Waals surface area contributed by atoms with Crippen LogP contribution in [0.1, 0.15) is 54.4 Å². The van der Waals surface area contributed by atoms with Crippen molar-refractivity contribution in [2.45, 2.75) is 51.0 Å². The maximum Gasteiger partial charge on any atom is 0.251 e. The fourth-order valence-electron chi connectivity index (χ4n) is 4.41. The average molecular weight is 541 g/mol. The number of hydrogen-bond acceptors (Lipinski definition) is 3. The van der Waals surface area contributed by atoms with Crippen molar-refractivity contribution < 1.29 is 9.59 Å². The summed E-state index contributed by atoms with van der Waals surface area (Å²) >= 11 is 0. The minimum Gasteiger partial charge on any atom is -0.356 e. The van der Waals surface area contributed by atoms with Crippen molar-refractivity contribution in [3.8, 4) is 0 Å². The van der Waals surface area contributed by atoms with Gasteiger partial charge >= 0.3 is 0 Å². The lowest BCUT2D eigenvalue weighted by atomic mass is 9.88. The normalized spacial score (nSPS) is 19.5. The van der Waals surface area contributed by atoms with Crippen molar-refractivity contribution in [1.29, 1.82) is 0 Å². The van der Waals surface area contributed by atoms with Crippen molar-refractivity contribution >= 4 is 41.8 Å². The Morgan fingerprint density at radius 2 is 1.94 bits per heavy atom. The highest BCUT2D eigenvalue weighted by molar-refractivity contribution is 14.0. The SMILES string of the molecule is CN=C(NCCc1cccc(C(=O)NC)c1)NC1CCN(C(=O)C2CCCCC2)C1.I. The van der Waals surface area contributed by atoms with Crippen molar-refractivity contribution in [1.82, 2.24) is 20.9 Å². The number of aliphatic imine (C=N–C) groups is 1. The quantitative estimate of drug-likeness (QED) is 0.294. The summed E-state index contributed by atoms with van der Waals surface area (Å²) in [7, 11) is 3.40. The summed E-state index contributed by atoms with van der Waals surface area (Å²) in [6.07, 6.45) is 7.50. The van der Waals surface area contributed by atoms with Crippen LogP contribution in [0, 0.1) is 5.92 Å². The van der Waals surface area contributed by atoms with E-state index >= 15 is 0 Å². The van der Waals surface area contributed by atoms with Gasteiger partial charge in [-0.15, -0.1) is 24.0 Å². The molecule has 1 aromatic carbocycles. The molecule has 31 heavy (non-hydrogen) atoms. The summed E-state index contributed by atoms with van der Waals surface area (Å²) in [5.74, 6) is 1.27. The zero-order valence-electron chi connectivity index (χ0n) is 18.7. The van der Waals surface area contributed by atoms with Gasteiger partial charge in [0, 0.05) is 51.3 Å². The van der Waals surface area contributed by atoms with E-state index in [4.69, 9.17) is 0 Å². The van der Waals surface area contributed by atoms with E-state index in [9.17, 15) is 9.59 Å². The first-order valence-electron chi connectivity index (χ1n) is 11.2. The number of nitrogens with zero attached hydrogens (tertiary/aromatic N) is 2. The smallest absolute Gasteiger partial charge is 0.251 e. The lowest BCUT2D eigenvalue weighted by molar-refractivity contribution is -0.135. The molecule has 172 valence electrons. The highest BCUT2D eigenvalue weighted by atomic mass is 127. The third-order valence-electron chi connectivity index (χ3n) is 6.14. The second-order valence-electron chi connectivity index (χ2n) is 8.28. The van der Waals surface area contributed by atoms with Gasteiger partial charge in [0.1, 0.15) is 0 Å². The fourth-order valence-corrected chi connectivity index (χ4v) is 4.41. The Labute approximate surface area is 202 Å². The Kier molecular flexibility index (Phi) is 10.6. The number of halogens is 1. The van der Waals surface area contributed by atoms with Gasteiger partial charge in [-0.2, -0.15) is 0 Å². The van der Waals surface area contributed by atoms with E-state index in [1.807, 2.05) is 29.2 Å². The summed E-state index contributed by atoms with van der Waals surface area (Å²) < 4.78 is 0. The summed E-state index contributed by atoms with van der Waals surface area (Å²) in [4.78, 5) is 30.9. The molecule has 1 aromatic rings. The van der Waals surface area contributed by atoms with Gasteiger partial charge in [-0.05, 0) is 43.4 Å². The van der Waals surface area contributed by atoms with Crippen molar-refractivity contribution in [3.05, 3.63) is 35.4 Å². The van der Waals surface area contributed by atoms with Crippen LogP contribution < -0.4 is 16.0 Å². The molecule has 2 amide bonds. The van der Waals surface area contributed by atoms with Gasteiger partial charge in [0.2, 0.25) is 5.91 Å². The molecule has 1 saturated heterocycles. The number of amides is 2. The second-order valence-corrected chi connectivity index (χ2v) is 8.28. The minimum absolute atomic E-state index is 0. The molecule has 2 fully saturated rings. The number of nitrogens with one attached hydrogen (secondary N) is 3. The Morgan fingerprint density at radius 3 is 2.65 bits per heavy atom. The average Bonchev–Trinajstić information content (AvgIpc) is 3.26. The Morgan fingerprint density at radius 1 is 1.16 bits per heavy atom. The third kappa shape index (κ3) is 7.36. The number of carbonyl (C=O) groups excluding carboxylic acids is 2. The summed E-state index contributed by atoms with van der Waals surface area (Å²) in [6.45, 7) is 2.30. The van der Waals surface area contributed by atoms with Crippen LogP contribution in [-0.2, 0) is 11.2 Å². The van der Waals surface area contributed by atoms with E-state index in [0.717, 1.165) is 50.3 Å². The topological polar surface area (TPSA) is 85.8 Å². The predicted molar refractivity (Wildman–Crippen MR) is 135 cm³/mol. The lowest BCUT2D eigenvalue weighted by Crippen LogP contribution is -2.46. The lowest BCUT2D eigenvalue weighted by Gasteiger charge is -2.26. The molecule has 8 heteroatoms. The first-order chi connectivity index (χ1) is 14.6. The van der Waals surface area contributed by atoms with E-state index in [-0.39, 0.29) is 41.8 Å². The van der Waals surface area contributed by atoms with Crippen LogP contribution in [0.15, 0.2) is 29.3 Å². The van der Waals surface area contributed by atoms with E-state index in [0.29, 0.717) is 18.0 Å². The van der Waals surface area contributed by atoms with E-state index in [2.05, 4.69) is 20.9 Å². The molecular formula is C23H36IN5O2. The maximum absolute atomic E-state index is 12.8. The first-order valence-corrected chi connectivity index (χ1v) is 11.2. The molecule has 1 unspecified atom stereocenters. The van der Waals surface area contributed by atoms with Gasteiger partial charge in [0.25, 0.3) is 5.91 Å². The third-order valence-corrected chi connectivity index (χ3v) is 6.14. The van der Waals surface area contributed by atoms with Crippen molar-refractivity contribution in [3.63, 3.8) is 0 Å². The maximum atomic E-state index is 12.8. The number of benzene rings is 1. The number of carbonyl (C=O) groups is 2. The van der Waals surface area contributed by atoms with Crippen LogP contribution in [0.25, 0.3) is 0 Å². The fraction of sp³-hybridized carbons (Fsp3) is 0.609. The van der Waals surface area contributed by atoms with Gasteiger partial charge in [0.05, 0.1) is 0 Å². The van der Waals surface area contributed by atoms with Gasteiger partial charge < -0.3 is 20.9 Å². The number of hydrogen-bond donors (Lipinski definition) is 3. The molecule has 0 aromatic heterocycles. The Bertz CT molecular complexity index is 764. The number of rotatable bonds is 6. The zero-order chi connectivity index (χ0) is 21.3. The van der Waals surface area contributed by atoms with E-state index in [1.54, 1.807) is 14.1 Å². The molecule has 7 nitrogen and oxygen atoms in total. The molecule has 1 aliphatic heterocycles. The monoisotopic (exact) mass is 541 g/mol. The predicted octanol–water partition coefficient (Wildman–Crippen LogP) is 2.55. The van der Waals surface area contributed by atoms with Gasteiger partial charge in [-0.3, -0.25) is 14.6 Å². The second kappa shape index (κ2) is 12.9. The number of guanidine groups is 1. The molecular weight excluding hydrogens is 505 g/mol. The summed E-state index contributed by atoms with van der Waals surface area (Å²) in [5, 5.41) is 9.46. The van der Waals surface area contributed by atoms with Gasteiger partial charge in [0.15, 0.2) is 5.96 Å². The van der Waals surface area contributed by atoms with Crippen LogP contribution >= 0.6 is 24.0 Å². The molecule has 1 saturated carbocycles. The molecule has 3 rings (SSSR count). The van der Waals surface area contributed by atoms with Gasteiger partial charge in [-0.1, -0.05) is 31.4 Å². The van der Waals surface area contributed by atoms with Crippen molar-refractivity contribution in [2.75, 3.05) is 33.7 Å². The molecule has 0 bridgehead atoms. The molecule has 3 N–H and O–H groups in total. The summed E-state index contributed by atoms with van der Waals surface area (Å²) in [5.41, 5.74) is 1.77. The van der Waals surface area contributed by atoms with Crippen molar-refractivity contribution in [2.24, 2.45) is 10.9 Å². The summed E-state index contributed by atoms with van der Waals surface area (Å²) in [6, 6.07) is 7.90. The number of likely N-dealkylation sites (tertiary alicyclic amines) is 1. The van der Waals surface area contributed by atoms with Crippen LogP contribution in [0.4, 0.5) is 0 Å². The van der Waals surface area contributed by atoms with Crippen LogP contribution in [0.2, 0.25) is 0 Å². The van der Waals surface area contributed by atoms with E-state index < -0.39 is 0 Å². The molecule has 0 spiro atoms. The highest BCUT2D eigenvalue weighted by Crippen LogP contribution is 2.26. The standard InChI is InChI=1S/C23H35N5O2.HI/c1-24-21(29)19-10-6-7-17(15-19)11-13-26-23(25-2)27-20-12-14-28(16-20)22(30)18-8-4-3-5-9-18;/h6-7,10,15,18,20H,3-5,8-9,11-14,16H2,1-2H3,(H,24,29)(H2,25,26,27);1H. The molecule has 1 atom stereocenters. The largest absolute Gasteiger partial charge is 0.356 e. The molecule has 1 aliphatic carbocycles. The van der Waals surface area contributed by atoms with Crippen LogP contribution in [-0.4, -0.2) is 62.4 Å². The van der Waals surface area contributed by atoms with E-state index in [1.165, 1.54) is 19.3 Å². The minimum atomic E-state index is -0.0733. The van der Waals surface area contributed by atoms with Gasteiger partial charge in [-0.25, -0.2) is 0 Å². The van der Waals surface area contributed by atoms with Crippen LogP contribution in [0.3, 0.4) is 0 Å². The Hall–Kier alpha value is -1.84. The van der Waals surface area contributed by atoms with Crippen LogP contribution in [0.5, 0.6) is 0 Å². The first kappa shape index (κ1) is 25.4. The molecule has 1 heterocycles. The molecule has 2 aliphatic rings. The Balaban J connectivity index is 0.00000341.